The predicted octanol–water partition coefficient (Wildman–Crippen LogP) is 4.07. The van der Waals surface area contributed by atoms with Crippen molar-refractivity contribution in [3.63, 3.8) is 0 Å². The number of nitrogens with zero attached hydrogens (tertiary/aromatic N) is 4. The second-order valence-corrected chi connectivity index (χ2v) is 14.5. The fraction of sp³-hybridized carbons (Fsp3) is 0.500. The Labute approximate surface area is 284 Å². The van der Waals surface area contributed by atoms with Gasteiger partial charge in [0, 0.05) is 68.7 Å². The largest absolute Gasteiger partial charge is 0.489 e. The van der Waals surface area contributed by atoms with Crippen molar-refractivity contribution in [2.75, 3.05) is 89.6 Å². The number of rotatable bonds is 11. The number of alkyl halides is 4. The Bertz CT molecular complexity index is 1790. The summed E-state index contributed by atoms with van der Waals surface area (Å²) < 4.78 is 84.4. The third-order valence-corrected chi connectivity index (χ3v) is 9.86. The first-order valence-corrected chi connectivity index (χ1v) is 18.1. The zero-order valence-electron chi connectivity index (χ0n) is 27.7. The fourth-order valence-electron chi connectivity index (χ4n) is 6.09. The first-order chi connectivity index (χ1) is 23.3. The molecule has 0 saturated carbocycles. The van der Waals surface area contributed by atoms with Crippen molar-refractivity contribution in [2.24, 2.45) is 0 Å². The van der Waals surface area contributed by atoms with E-state index in [9.17, 15) is 30.8 Å². The van der Waals surface area contributed by atoms with Crippen molar-refractivity contribution in [3.8, 4) is 17.6 Å². The van der Waals surface area contributed by atoms with E-state index < -0.39 is 29.2 Å². The molecule has 0 aliphatic carbocycles. The SMILES string of the molecule is CN1CCN(C(=O)CN2CCC(Nc3cccc4c3cc(C#CCNc3ccc(S(C)(=O)=O)cc3OCCF)n4CC(F)(F)F)CC2)CC1. The second kappa shape index (κ2) is 15.7. The van der Waals surface area contributed by atoms with Crippen LogP contribution < -0.4 is 15.4 Å². The Hall–Kier alpha value is -4.00. The van der Waals surface area contributed by atoms with Gasteiger partial charge in [0.15, 0.2) is 9.84 Å². The molecule has 5 rings (SSSR count). The molecule has 10 nitrogen and oxygen atoms in total. The minimum Gasteiger partial charge on any atom is -0.489 e. The smallest absolute Gasteiger partial charge is 0.406 e. The van der Waals surface area contributed by atoms with E-state index in [4.69, 9.17) is 4.74 Å². The minimum absolute atomic E-state index is 0.000873. The number of likely N-dealkylation sites (tertiary alicyclic amines) is 1. The highest BCUT2D eigenvalue weighted by Gasteiger charge is 2.30. The van der Waals surface area contributed by atoms with Crippen LogP contribution in [0.25, 0.3) is 10.9 Å². The average Bonchev–Trinajstić information content (AvgIpc) is 3.39. The molecule has 0 bridgehead atoms. The van der Waals surface area contributed by atoms with Gasteiger partial charge in [0.25, 0.3) is 0 Å². The van der Waals surface area contributed by atoms with Gasteiger partial charge in [-0.1, -0.05) is 12.0 Å². The number of carbonyl (C=O) groups excluding carboxylic acids is 1. The molecule has 0 radical (unpaired) electrons. The summed E-state index contributed by atoms with van der Waals surface area (Å²) in [4.78, 5) is 19.1. The number of nitrogens with one attached hydrogen (secondary N) is 2. The number of halogens is 4. The van der Waals surface area contributed by atoms with Gasteiger partial charge in [0.2, 0.25) is 5.91 Å². The molecule has 2 fully saturated rings. The summed E-state index contributed by atoms with van der Waals surface area (Å²) in [5.41, 5.74) is 1.66. The molecule has 1 amide bonds. The third kappa shape index (κ3) is 9.80. The summed E-state index contributed by atoms with van der Waals surface area (Å²) in [5.74, 6) is 5.98. The number of fused-ring (bicyclic) bond motifs is 1. The van der Waals surface area contributed by atoms with Crippen LogP contribution in [0.1, 0.15) is 18.5 Å². The quantitative estimate of drug-likeness (QED) is 0.228. The predicted molar refractivity (Wildman–Crippen MR) is 182 cm³/mol. The number of carbonyl (C=O) groups is 1. The van der Waals surface area contributed by atoms with Crippen LogP contribution in [0.3, 0.4) is 0 Å². The highest BCUT2D eigenvalue weighted by molar-refractivity contribution is 7.90. The summed E-state index contributed by atoms with van der Waals surface area (Å²) in [7, 11) is -1.48. The number of benzene rings is 2. The van der Waals surface area contributed by atoms with Crippen LogP contribution in [0.15, 0.2) is 47.4 Å². The Morgan fingerprint density at radius 3 is 2.43 bits per heavy atom. The molecule has 0 atom stereocenters. The van der Waals surface area contributed by atoms with Gasteiger partial charge in [-0.25, -0.2) is 12.8 Å². The molecule has 2 N–H and O–H groups in total. The van der Waals surface area contributed by atoms with Gasteiger partial charge in [0.05, 0.1) is 34.9 Å². The molecule has 2 aliphatic heterocycles. The lowest BCUT2D eigenvalue weighted by Crippen LogP contribution is -2.51. The van der Waals surface area contributed by atoms with Crippen molar-refractivity contribution in [2.45, 2.75) is 36.5 Å². The third-order valence-electron chi connectivity index (χ3n) is 8.74. The molecular weight excluding hydrogens is 664 g/mol. The lowest BCUT2D eigenvalue weighted by molar-refractivity contribution is -0.140. The van der Waals surface area contributed by atoms with Gasteiger partial charge in [-0.3, -0.25) is 9.69 Å². The van der Waals surface area contributed by atoms with Gasteiger partial charge in [0.1, 0.15) is 25.6 Å². The van der Waals surface area contributed by atoms with E-state index in [0.29, 0.717) is 28.8 Å². The molecule has 2 aromatic carbocycles. The monoisotopic (exact) mass is 706 g/mol. The lowest BCUT2D eigenvalue weighted by atomic mass is 10.0. The standard InChI is InChI=1S/C34H42F4N6O4S/c1-41-16-18-43(19-17-41)33(45)23-42-14-10-25(11-15-42)40-29-6-3-7-31-28(29)21-26(44(31)24-34(36,37)38)5-4-13-39-30-9-8-27(49(2,46)47)22-32(30)48-20-12-35/h3,6-9,21-22,25,39-40H,10-20,23-24H2,1-2H3. The van der Waals surface area contributed by atoms with E-state index >= 15 is 0 Å². The lowest BCUT2D eigenvalue weighted by Gasteiger charge is -2.36. The summed E-state index contributed by atoms with van der Waals surface area (Å²) in [5, 5.41) is 7.13. The van der Waals surface area contributed by atoms with Crippen molar-refractivity contribution in [3.05, 3.63) is 48.2 Å². The Balaban J connectivity index is 1.27. The number of ether oxygens (including phenoxy) is 1. The molecule has 3 heterocycles. The Morgan fingerprint density at radius 1 is 1.02 bits per heavy atom. The maximum Gasteiger partial charge on any atom is 0.406 e. The molecule has 49 heavy (non-hydrogen) atoms. The molecule has 0 spiro atoms. The molecule has 3 aromatic rings. The summed E-state index contributed by atoms with van der Waals surface area (Å²) in [6, 6.07) is 11.1. The van der Waals surface area contributed by atoms with Crippen molar-refractivity contribution < 1.29 is 35.5 Å². The number of amides is 1. The first-order valence-electron chi connectivity index (χ1n) is 16.2. The Kier molecular flexibility index (Phi) is 11.6. The van der Waals surface area contributed by atoms with Gasteiger partial charge in [-0.05, 0) is 56.1 Å². The number of anilines is 2. The first kappa shape index (κ1) is 36.3. The van der Waals surface area contributed by atoms with Crippen molar-refractivity contribution in [1.29, 1.82) is 0 Å². The van der Waals surface area contributed by atoms with Crippen LogP contribution in [0.4, 0.5) is 28.9 Å². The van der Waals surface area contributed by atoms with E-state index in [-0.39, 0.29) is 41.4 Å². The number of piperazine rings is 1. The maximum atomic E-state index is 13.7. The van der Waals surface area contributed by atoms with Crippen LogP contribution in [0.5, 0.6) is 5.75 Å². The molecule has 15 heteroatoms. The fourth-order valence-corrected chi connectivity index (χ4v) is 6.72. The average molecular weight is 707 g/mol. The molecule has 2 saturated heterocycles. The molecule has 1 aromatic heterocycles. The number of hydrogen-bond acceptors (Lipinski definition) is 8. The topological polar surface area (TPSA) is 99.2 Å². The van der Waals surface area contributed by atoms with Crippen molar-refractivity contribution >= 4 is 38.0 Å². The summed E-state index contributed by atoms with van der Waals surface area (Å²) >= 11 is 0. The van der Waals surface area contributed by atoms with Gasteiger partial charge in [-0.15, -0.1) is 0 Å². The second-order valence-electron chi connectivity index (χ2n) is 12.5. The van der Waals surface area contributed by atoms with Crippen LogP contribution in [-0.4, -0.2) is 125 Å². The number of likely N-dealkylation sites (N-methyl/N-ethyl adjacent to an activating group) is 1. The van der Waals surface area contributed by atoms with E-state index in [2.05, 4.69) is 39.3 Å². The normalized spacial score (nSPS) is 16.7. The van der Waals surface area contributed by atoms with Gasteiger partial charge >= 0.3 is 6.18 Å². The van der Waals surface area contributed by atoms with Crippen LogP contribution in [0, 0.1) is 11.8 Å². The number of hydrogen-bond donors (Lipinski definition) is 2. The Morgan fingerprint density at radius 2 is 1.76 bits per heavy atom. The number of piperidine rings is 1. The van der Waals surface area contributed by atoms with E-state index in [1.54, 1.807) is 18.2 Å². The van der Waals surface area contributed by atoms with Crippen molar-refractivity contribution in [1.82, 2.24) is 19.3 Å². The number of aromatic nitrogens is 1. The highest BCUT2D eigenvalue weighted by Crippen LogP contribution is 2.32. The van der Waals surface area contributed by atoms with E-state index in [1.165, 1.54) is 18.2 Å². The van der Waals surface area contributed by atoms with E-state index in [0.717, 1.165) is 62.9 Å². The number of sulfone groups is 1. The van der Waals surface area contributed by atoms with E-state index in [1.807, 2.05) is 11.0 Å². The van der Waals surface area contributed by atoms with Gasteiger partial charge < -0.3 is 29.7 Å². The highest BCUT2D eigenvalue weighted by atomic mass is 32.2. The minimum atomic E-state index is -4.48. The van der Waals surface area contributed by atoms with Crippen LogP contribution >= 0.6 is 0 Å². The molecule has 0 unspecified atom stereocenters. The zero-order valence-corrected chi connectivity index (χ0v) is 28.5. The summed E-state index contributed by atoms with van der Waals surface area (Å²) in [6.07, 6.45) is -1.86. The maximum absolute atomic E-state index is 13.7. The molecule has 266 valence electrons. The zero-order chi connectivity index (χ0) is 35.2. The summed E-state index contributed by atoms with van der Waals surface area (Å²) in [6.45, 7) is 2.83. The van der Waals surface area contributed by atoms with Crippen LogP contribution in [-0.2, 0) is 21.2 Å². The molecular formula is C34H42F4N6O4S. The molecule has 2 aliphatic rings. The van der Waals surface area contributed by atoms with Crippen LogP contribution in [0.2, 0.25) is 0 Å². The van der Waals surface area contributed by atoms with Gasteiger partial charge in [-0.2, -0.15) is 13.2 Å².